The van der Waals surface area contributed by atoms with Gasteiger partial charge in [0.15, 0.2) is 0 Å². The van der Waals surface area contributed by atoms with Crippen molar-refractivity contribution in [2.45, 2.75) is 0 Å². The molecule has 1 atom stereocenters. The van der Waals surface area contributed by atoms with Gasteiger partial charge in [-0.25, -0.2) is 0 Å². The lowest BCUT2D eigenvalue weighted by Gasteiger charge is -2.08. The highest BCUT2D eigenvalue weighted by Crippen LogP contribution is 1.94. The van der Waals surface area contributed by atoms with Crippen molar-refractivity contribution in [3.05, 3.63) is 0 Å². The van der Waals surface area contributed by atoms with Crippen LogP contribution in [0.5, 0.6) is 0 Å². The molecule has 0 amide bonds. The third kappa shape index (κ3) is 2.42. The zero-order valence-corrected chi connectivity index (χ0v) is 7.12. The Balaban J connectivity index is 4.42. The molecule has 0 heterocycles. The second-order valence-electron chi connectivity index (χ2n) is 0.779. The summed E-state index contributed by atoms with van der Waals surface area (Å²) >= 11 is 8.66. The van der Waals surface area contributed by atoms with Crippen molar-refractivity contribution >= 4 is 38.9 Å². The van der Waals surface area contributed by atoms with Gasteiger partial charge in [-0.2, -0.15) is 0 Å². The second-order valence-corrected chi connectivity index (χ2v) is 9.28. The Kier molecular flexibility index (Phi) is 3.47. The zero-order valence-electron chi connectivity index (χ0n) is 3.86. The average molecular weight is 191 g/mol. The molecule has 1 unspecified atom stereocenters. The van der Waals surface area contributed by atoms with Gasteiger partial charge in [-0.3, -0.25) is 4.21 Å². The summed E-state index contributed by atoms with van der Waals surface area (Å²) < 4.78 is 24.2. The van der Waals surface area contributed by atoms with Crippen LogP contribution in [0.3, 0.4) is 0 Å². The first-order valence-corrected chi connectivity index (χ1v) is 6.41. The van der Waals surface area contributed by atoms with Crippen LogP contribution >= 0.6 is 0 Å². The first-order valence-electron chi connectivity index (χ1n) is 1.41. The van der Waals surface area contributed by atoms with Crippen LogP contribution in [-0.2, 0) is 43.1 Å². The smallest absolute Gasteiger partial charge is 0.0867 e. The van der Waals surface area contributed by atoms with Crippen molar-refractivity contribution in [3.8, 4) is 0 Å². The molecule has 0 aliphatic carbocycles. The van der Waals surface area contributed by atoms with E-state index in [0.717, 1.165) is 0 Å². The molecular weight excluding hydrogens is 188 g/mol. The van der Waals surface area contributed by atoms with E-state index in [1.54, 1.807) is 0 Å². The van der Waals surface area contributed by atoms with Crippen molar-refractivity contribution in [1.82, 2.24) is 0 Å². The maximum absolute atomic E-state index is 9.96. The highest BCUT2D eigenvalue weighted by molar-refractivity contribution is 8.90. The van der Waals surface area contributed by atoms with E-state index in [2.05, 4.69) is 26.6 Å². The van der Waals surface area contributed by atoms with Crippen LogP contribution in [0, 0.1) is 0 Å². The molecule has 0 aliphatic rings. The van der Waals surface area contributed by atoms with Gasteiger partial charge in [0, 0.05) is 10.1 Å². The van der Waals surface area contributed by atoms with E-state index >= 15 is 0 Å². The minimum atomic E-state index is -2.65. The summed E-state index contributed by atoms with van der Waals surface area (Å²) in [5.41, 5.74) is 0. The molecule has 0 aromatic rings. The number of rotatable bonds is 2. The van der Waals surface area contributed by atoms with Crippen molar-refractivity contribution < 1.29 is 12.9 Å². The summed E-state index contributed by atoms with van der Waals surface area (Å²) in [4.78, 5) is 0. The van der Waals surface area contributed by atoms with E-state index in [0.29, 0.717) is 0 Å². The van der Waals surface area contributed by atoms with Gasteiger partial charge >= 0.3 is 0 Å². The maximum Gasteiger partial charge on any atom is 0.0867 e. The van der Waals surface area contributed by atoms with Crippen molar-refractivity contribution in [2.75, 3.05) is 7.11 Å². The van der Waals surface area contributed by atoms with E-state index in [4.69, 9.17) is 0 Å². The molecule has 0 fully saturated rings. The summed E-state index contributed by atoms with van der Waals surface area (Å²) in [6, 6.07) is 0. The number of hydrogen-bond acceptors (Lipinski definition) is 5. The summed E-state index contributed by atoms with van der Waals surface area (Å²) in [5.74, 6) is 0. The largest absolute Gasteiger partial charge is 0.762 e. The molecule has 0 rings (SSSR count). The molecule has 50 valence electrons. The molecule has 0 aromatic carbocycles. The normalized spacial score (nSPS) is 15.8. The maximum atomic E-state index is 9.96. The van der Waals surface area contributed by atoms with Crippen LogP contribution in [0.1, 0.15) is 0 Å². The van der Waals surface area contributed by atoms with Gasteiger partial charge in [0.25, 0.3) is 0 Å². The highest BCUT2D eigenvalue weighted by atomic mass is 33.5. The Bertz CT molecular complexity index is 177. The van der Waals surface area contributed by atoms with Crippen LogP contribution in [0.25, 0.3) is 0 Å². The summed E-state index contributed by atoms with van der Waals surface area (Å²) in [5, 5.41) is 0. The van der Waals surface area contributed by atoms with Crippen molar-refractivity contribution in [3.63, 3.8) is 0 Å². The molecule has 7 heteroatoms. The van der Waals surface area contributed by atoms with Gasteiger partial charge in [0.2, 0.25) is 0 Å². The third-order valence-corrected chi connectivity index (χ3v) is 5.34. The Labute approximate surface area is 59.1 Å². The Morgan fingerprint density at radius 3 is 2.12 bits per heavy atom. The SMILES string of the molecule is COS(=S)(=S)S(=O)[O-]. The zero-order chi connectivity index (χ0) is 6.78. The fourth-order valence-electron chi connectivity index (χ4n) is 0.0556. The molecular formula is CH3O3S4-. The van der Waals surface area contributed by atoms with Crippen molar-refractivity contribution in [2.24, 2.45) is 0 Å². The highest BCUT2D eigenvalue weighted by Gasteiger charge is 1.95. The summed E-state index contributed by atoms with van der Waals surface area (Å²) in [7, 11) is -1.25. The van der Waals surface area contributed by atoms with Crippen LogP contribution in [0.2, 0.25) is 0 Å². The van der Waals surface area contributed by atoms with Gasteiger partial charge in [-0.05, 0) is 22.4 Å². The molecule has 0 radical (unpaired) electrons. The van der Waals surface area contributed by atoms with E-state index in [1.807, 2.05) is 0 Å². The fourth-order valence-corrected chi connectivity index (χ4v) is 0.500. The van der Waals surface area contributed by atoms with Crippen LogP contribution in [0.15, 0.2) is 0 Å². The van der Waals surface area contributed by atoms with E-state index < -0.39 is 16.6 Å². The average Bonchev–Trinajstić information content (AvgIpc) is 1.67. The molecule has 0 aromatic heterocycles. The van der Waals surface area contributed by atoms with Gasteiger partial charge in [-0.15, -0.1) is 0 Å². The van der Waals surface area contributed by atoms with Crippen LogP contribution < -0.4 is 0 Å². The van der Waals surface area contributed by atoms with E-state index in [9.17, 15) is 8.76 Å². The molecule has 0 aliphatic heterocycles. The van der Waals surface area contributed by atoms with Gasteiger partial charge in [-0.1, -0.05) is 0 Å². The second kappa shape index (κ2) is 3.14. The minimum absolute atomic E-state index is 1.19. The molecule has 0 bridgehead atoms. The predicted octanol–water partition coefficient (Wildman–Crippen LogP) is -0.580. The topological polar surface area (TPSA) is 49.4 Å². The molecule has 3 nitrogen and oxygen atoms in total. The Hall–Kier alpha value is 0.860. The van der Waals surface area contributed by atoms with Crippen molar-refractivity contribution in [1.29, 1.82) is 0 Å². The van der Waals surface area contributed by atoms with E-state index in [1.165, 1.54) is 7.11 Å². The predicted molar refractivity (Wildman–Crippen MR) is 38.0 cm³/mol. The van der Waals surface area contributed by atoms with Crippen LogP contribution in [-0.4, -0.2) is 15.9 Å². The lowest BCUT2D eigenvalue weighted by molar-refractivity contribution is 0.483. The fraction of sp³-hybridized carbons (Fsp3) is 1.00. The van der Waals surface area contributed by atoms with Gasteiger partial charge in [0.1, 0.15) is 0 Å². The number of hydrogen-bond donors (Lipinski definition) is 0. The van der Waals surface area contributed by atoms with Gasteiger partial charge in [0.05, 0.1) is 13.6 Å². The first-order chi connectivity index (χ1) is 3.50. The summed E-state index contributed by atoms with van der Waals surface area (Å²) in [6.07, 6.45) is 0. The Morgan fingerprint density at radius 2 is 2.12 bits per heavy atom. The lowest BCUT2D eigenvalue weighted by Crippen LogP contribution is -2.04. The molecule has 0 spiro atoms. The minimum Gasteiger partial charge on any atom is -0.762 e. The standard InChI is InChI=1S/CH4O3S4/c1-4-8(5,6)7(2)3/h1H3,(H,2,3)/p-1. The van der Waals surface area contributed by atoms with E-state index in [-0.39, 0.29) is 0 Å². The first kappa shape index (κ1) is 8.86. The van der Waals surface area contributed by atoms with Gasteiger partial charge < -0.3 is 8.74 Å². The molecule has 0 saturated carbocycles. The molecule has 0 N–H and O–H groups in total. The summed E-state index contributed by atoms with van der Waals surface area (Å²) in [6.45, 7) is -2.65. The monoisotopic (exact) mass is 191 g/mol. The quantitative estimate of drug-likeness (QED) is 0.432. The van der Waals surface area contributed by atoms with Crippen LogP contribution in [0.4, 0.5) is 0 Å². The lowest BCUT2D eigenvalue weighted by atomic mass is 11.8. The molecule has 0 saturated heterocycles. The Morgan fingerprint density at radius 1 is 1.75 bits per heavy atom. The molecule has 8 heavy (non-hydrogen) atoms. The third-order valence-electron chi connectivity index (χ3n) is 0.371.